The number of fused-ring (bicyclic) bond motifs is 3. The summed E-state index contributed by atoms with van der Waals surface area (Å²) in [5.41, 5.74) is 8.05. The zero-order chi connectivity index (χ0) is 36.5. The van der Waals surface area contributed by atoms with Crippen LogP contribution in [0.15, 0.2) is 103 Å². The van der Waals surface area contributed by atoms with E-state index in [-0.39, 0.29) is 25.5 Å². The largest absolute Gasteiger partial charge is 0.305 e. The van der Waals surface area contributed by atoms with Gasteiger partial charge < -0.3 is 9.97 Å². The van der Waals surface area contributed by atoms with Gasteiger partial charge in [-0.25, -0.2) is 8.78 Å². The Morgan fingerprint density at radius 2 is 1.52 bits per heavy atom. The van der Waals surface area contributed by atoms with Gasteiger partial charge in [0.25, 0.3) is 0 Å². The SMILES string of the molecule is CC(C)(C)c1ccnc(-c2[c-]ccc3c2sc2cc(-c4cc(F)cc(F)c4)ccc23)c1.CC(C)Cc1cc(-c2[c-]cccc2)ncc1[Si](C)(C)C.[Ir]. The third-order valence-corrected chi connectivity index (χ3v) is 12.2. The Morgan fingerprint density at radius 3 is 2.17 bits per heavy atom. The minimum atomic E-state index is -1.34. The van der Waals surface area contributed by atoms with Crippen molar-refractivity contribution in [3.63, 3.8) is 0 Å². The summed E-state index contributed by atoms with van der Waals surface area (Å²) in [5.74, 6) is -0.485. The molecule has 7 heteroatoms. The van der Waals surface area contributed by atoms with E-state index in [2.05, 4.69) is 113 Å². The number of rotatable bonds is 6. The molecule has 0 aliphatic rings. The Hall–Kier alpha value is -3.87. The second kappa shape index (κ2) is 16.0. The zero-order valence-electron chi connectivity index (χ0n) is 31.0. The van der Waals surface area contributed by atoms with E-state index in [1.807, 2.05) is 48.7 Å². The van der Waals surface area contributed by atoms with Crippen LogP contribution in [0.4, 0.5) is 8.78 Å². The maximum Gasteiger partial charge on any atom is 0.126 e. The molecule has 7 rings (SSSR count). The molecule has 0 fully saturated rings. The number of thiophene rings is 1. The van der Waals surface area contributed by atoms with Crippen LogP contribution in [-0.4, -0.2) is 18.0 Å². The molecule has 0 unspecified atom stereocenters. The molecule has 0 atom stereocenters. The molecular weight excluding hydrogens is 859 g/mol. The summed E-state index contributed by atoms with van der Waals surface area (Å²) >= 11 is 1.65. The molecule has 3 heterocycles. The Morgan fingerprint density at radius 1 is 0.769 bits per heavy atom. The molecule has 0 N–H and O–H groups in total. The average Bonchev–Trinajstić information content (AvgIpc) is 3.46. The van der Waals surface area contributed by atoms with Gasteiger partial charge in [0.05, 0.1) is 8.07 Å². The molecule has 0 spiro atoms. The van der Waals surface area contributed by atoms with Crippen LogP contribution in [0.2, 0.25) is 19.6 Å². The van der Waals surface area contributed by atoms with E-state index in [0.29, 0.717) is 11.5 Å². The van der Waals surface area contributed by atoms with E-state index in [1.54, 1.807) is 11.3 Å². The van der Waals surface area contributed by atoms with Crippen LogP contribution in [-0.2, 0) is 31.9 Å². The molecule has 3 aromatic heterocycles. The van der Waals surface area contributed by atoms with Gasteiger partial charge in [0.2, 0.25) is 0 Å². The van der Waals surface area contributed by atoms with Crippen molar-refractivity contribution in [2.75, 3.05) is 0 Å². The topological polar surface area (TPSA) is 25.8 Å². The summed E-state index contributed by atoms with van der Waals surface area (Å²) in [4.78, 5) is 9.31. The van der Waals surface area contributed by atoms with E-state index in [1.165, 1.54) is 28.4 Å². The van der Waals surface area contributed by atoms with Crippen LogP contribution >= 0.6 is 11.3 Å². The molecule has 0 amide bonds. The van der Waals surface area contributed by atoms with Crippen LogP contribution in [0, 0.1) is 29.7 Å². The third kappa shape index (κ3) is 9.01. The molecule has 0 saturated heterocycles. The normalized spacial score (nSPS) is 11.8. The van der Waals surface area contributed by atoms with Gasteiger partial charge in [-0.2, -0.15) is 11.3 Å². The second-order valence-corrected chi connectivity index (χ2v) is 21.7. The molecular formula is C45H44F2IrN2SSi-2. The van der Waals surface area contributed by atoms with E-state index in [0.717, 1.165) is 60.7 Å². The van der Waals surface area contributed by atoms with Gasteiger partial charge in [-0.05, 0) is 85.4 Å². The molecule has 1 radical (unpaired) electrons. The molecule has 0 aliphatic carbocycles. The maximum atomic E-state index is 13.7. The molecule has 7 aromatic rings. The second-order valence-electron chi connectivity index (χ2n) is 15.6. The van der Waals surface area contributed by atoms with Gasteiger partial charge >= 0.3 is 0 Å². The molecule has 4 aromatic carbocycles. The van der Waals surface area contributed by atoms with Crippen LogP contribution < -0.4 is 5.19 Å². The Balaban J connectivity index is 0.000000217. The molecule has 0 bridgehead atoms. The Bertz CT molecular complexity index is 2300. The third-order valence-electron chi connectivity index (χ3n) is 8.92. The van der Waals surface area contributed by atoms with Gasteiger partial charge in [-0.3, -0.25) is 0 Å². The molecule has 269 valence electrons. The summed E-state index contributed by atoms with van der Waals surface area (Å²) in [6, 6.07) is 34.7. The van der Waals surface area contributed by atoms with Crippen molar-refractivity contribution in [3.8, 4) is 33.6 Å². The first-order chi connectivity index (χ1) is 24.2. The number of hydrogen-bond donors (Lipinski definition) is 0. The monoisotopic (exact) mass is 903 g/mol. The van der Waals surface area contributed by atoms with Gasteiger partial charge in [0.1, 0.15) is 11.6 Å². The van der Waals surface area contributed by atoms with Crippen LogP contribution in [0.1, 0.15) is 45.7 Å². The van der Waals surface area contributed by atoms with E-state index < -0.39 is 19.7 Å². The molecule has 0 saturated carbocycles. The number of pyridine rings is 2. The van der Waals surface area contributed by atoms with Crippen molar-refractivity contribution in [3.05, 3.63) is 138 Å². The number of halogens is 2. The van der Waals surface area contributed by atoms with Crippen molar-refractivity contribution < 1.29 is 28.9 Å². The minimum Gasteiger partial charge on any atom is -0.305 e. The van der Waals surface area contributed by atoms with Crippen molar-refractivity contribution in [2.45, 2.75) is 66.1 Å². The summed E-state index contributed by atoms with van der Waals surface area (Å²) < 4.78 is 29.6. The van der Waals surface area contributed by atoms with Crippen LogP contribution in [0.5, 0.6) is 0 Å². The van der Waals surface area contributed by atoms with Crippen molar-refractivity contribution >= 4 is 44.8 Å². The summed E-state index contributed by atoms with van der Waals surface area (Å²) in [5, 5.41) is 3.74. The quantitative estimate of drug-likeness (QED) is 0.123. The number of benzene rings is 4. The van der Waals surface area contributed by atoms with Crippen molar-refractivity contribution in [1.82, 2.24) is 9.97 Å². The predicted molar refractivity (Wildman–Crippen MR) is 215 cm³/mol. The fourth-order valence-electron chi connectivity index (χ4n) is 6.35. The predicted octanol–water partition coefficient (Wildman–Crippen LogP) is 12.4. The van der Waals surface area contributed by atoms with Crippen LogP contribution in [0.3, 0.4) is 0 Å². The Labute approximate surface area is 325 Å². The molecule has 0 aliphatic heterocycles. The van der Waals surface area contributed by atoms with Crippen molar-refractivity contribution in [2.24, 2.45) is 5.92 Å². The standard InChI is InChI=1S/C27H20F2NS.C18H24NSi.Ir/c1-27(2,3)18-9-10-30-24(14-18)23-6-4-5-22-21-8-7-16(13-25(21)31-26(22)23)17-11-19(28)15-20(29)12-17;1-14(2)11-16-12-17(15-9-7-6-8-10-15)19-13-18(16)20(3,4)5;/h4-5,7-15H,1-3H3;6-9,12-14H,11H2,1-5H3;/q2*-1;. The van der Waals surface area contributed by atoms with Gasteiger partial charge in [-0.1, -0.05) is 89.5 Å². The number of hydrogen-bond acceptors (Lipinski definition) is 3. The van der Waals surface area contributed by atoms with Crippen molar-refractivity contribution in [1.29, 1.82) is 0 Å². The zero-order valence-corrected chi connectivity index (χ0v) is 35.2. The fourth-order valence-corrected chi connectivity index (χ4v) is 9.18. The van der Waals surface area contributed by atoms with Crippen LogP contribution in [0.25, 0.3) is 53.8 Å². The number of aromatic nitrogens is 2. The van der Waals surface area contributed by atoms with E-state index >= 15 is 0 Å². The minimum absolute atomic E-state index is 0. The van der Waals surface area contributed by atoms with E-state index in [9.17, 15) is 8.78 Å². The number of nitrogens with zero attached hydrogens (tertiary/aromatic N) is 2. The fraction of sp³-hybridized carbons (Fsp3) is 0.244. The maximum absolute atomic E-state index is 13.7. The smallest absolute Gasteiger partial charge is 0.126 e. The van der Waals surface area contributed by atoms with Gasteiger partial charge in [0, 0.05) is 43.3 Å². The average molecular weight is 903 g/mol. The first kappa shape index (κ1) is 39.3. The van der Waals surface area contributed by atoms with E-state index in [4.69, 9.17) is 0 Å². The molecule has 2 nitrogen and oxygen atoms in total. The molecule has 52 heavy (non-hydrogen) atoms. The summed E-state index contributed by atoms with van der Waals surface area (Å²) in [7, 11) is -1.34. The first-order valence-electron chi connectivity index (χ1n) is 17.4. The first-order valence-corrected chi connectivity index (χ1v) is 21.8. The van der Waals surface area contributed by atoms with Gasteiger partial charge in [-0.15, -0.1) is 59.7 Å². The van der Waals surface area contributed by atoms with Gasteiger partial charge in [0.15, 0.2) is 0 Å². The summed E-state index contributed by atoms with van der Waals surface area (Å²) in [6.45, 7) is 18.3. The summed E-state index contributed by atoms with van der Waals surface area (Å²) in [6.07, 6.45) is 5.09. The Kier molecular flexibility index (Phi) is 12.1.